The second-order valence-corrected chi connectivity index (χ2v) is 9.80. The van der Waals surface area contributed by atoms with Crippen LogP contribution in [0.5, 0.6) is 11.5 Å². The number of amides is 1. The van der Waals surface area contributed by atoms with Gasteiger partial charge in [-0.3, -0.25) is 4.79 Å². The number of hydrogen-bond acceptors (Lipinski definition) is 6. The van der Waals surface area contributed by atoms with Gasteiger partial charge in [-0.15, -0.1) is 0 Å². The monoisotopic (exact) mass is 465 g/mol. The van der Waals surface area contributed by atoms with E-state index in [0.717, 1.165) is 24.0 Å². The summed E-state index contributed by atoms with van der Waals surface area (Å²) in [5.41, 5.74) is 1.69. The van der Waals surface area contributed by atoms with Crippen LogP contribution in [0.2, 0.25) is 0 Å². The van der Waals surface area contributed by atoms with Crippen molar-refractivity contribution in [2.24, 2.45) is 0 Å². The second kappa shape index (κ2) is 8.17. The molecular formula is C24H23N3O5S. The van der Waals surface area contributed by atoms with Gasteiger partial charge in [0.2, 0.25) is 22.7 Å². The summed E-state index contributed by atoms with van der Waals surface area (Å²) < 4.78 is 37.6. The summed E-state index contributed by atoms with van der Waals surface area (Å²) in [6.07, 6.45) is 1.50. The molecule has 9 heteroatoms. The first-order valence-electron chi connectivity index (χ1n) is 10.7. The molecule has 1 aliphatic carbocycles. The van der Waals surface area contributed by atoms with Crippen molar-refractivity contribution in [2.75, 3.05) is 18.7 Å². The molecule has 0 bridgehead atoms. The lowest BCUT2D eigenvalue weighted by Crippen LogP contribution is -2.28. The highest BCUT2D eigenvalue weighted by Crippen LogP contribution is 2.51. The lowest BCUT2D eigenvalue weighted by Gasteiger charge is -2.16. The molecule has 1 saturated carbocycles. The summed E-state index contributed by atoms with van der Waals surface area (Å²) in [6.45, 7) is 2.24. The number of carbonyl (C=O) groups excluding carboxylic acids is 1. The molecule has 8 nitrogen and oxygen atoms in total. The van der Waals surface area contributed by atoms with Crippen LogP contribution >= 0.6 is 0 Å². The fourth-order valence-electron chi connectivity index (χ4n) is 3.95. The Morgan fingerprint density at radius 2 is 1.79 bits per heavy atom. The highest BCUT2D eigenvalue weighted by Gasteiger charge is 2.51. The van der Waals surface area contributed by atoms with Crippen molar-refractivity contribution in [1.29, 1.82) is 0 Å². The van der Waals surface area contributed by atoms with Crippen LogP contribution in [0, 0.1) is 0 Å². The molecule has 2 heterocycles. The maximum absolute atomic E-state index is 13.2. The number of pyridine rings is 1. The minimum atomic E-state index is -3.52. The highest BCUT2D eigenvalue weighted by molar-refractivity contribution is 7.89. The van der Waals surface area contributed by atoms with Gasteiger partial charge in [-0.1, -0.05) is 31.2 Å². The molecule has 1 amide bonds. The average molecular weight is 466 g/mol. The molecular weight excluding hydrogens is 442 g/mol. The van der Waals surface area contributed by atoms with Crippen LogP contribution in [0.1, 0.15) is 25.3 Å². The Balaban J connectivity index is 1.34. The number of nitrogens with one attached hydrogen (secondary N) is 2. The maximum atomic E-state index is 13.2. The average Bonchev–Trinajstić information content (AvgIpc) is 3.50. The van der Waals surface area contributed by atoms with Gasteiger partial charge >= 0.3 is 0 Å². The van der Waals surface area contributed by atoms with Gasteiger partial charge in [0.25, 0.3) is 0 Å². The number of fused-ring (bicyclic) bond motifs is 1. The number of ether oxygens (including phenoxy) is 2. The molecule has 1 aliphatic heterocycles. The van der Waals surface area contributed by atoms with Crippen LogP contribution in [-0.4, -0.2) is 32.6 Å². The van der Waals surface area contributed by atoms with E-state index in [9.17, 15) is 13.2 Å². The minimum absolute atomic E-state index is 0.113. The van der Waals surface area contributed by atoms with Gasteiger partial charge in [0.15, 0.2) is 11.5 Å². The highest BCUT2D eigenvalue weighted by atomic mass is 32.2. The van der Waals surface area contributed by atoms with E-state index in [2.05, 4.69) is 15.0 Å². The number of aromatic nitrogens is 1. The summed E-state index contributed by atoms with van der Waals surface area (Å²) >= 11 is 0. The fourth-order valence-corrected chi connectivity index (χ4v) is 4.99. The van der Waals surface area contributed by atoms with Gasteiger partial charge in [0, 0.05) is 12.1 Å². The number of hydrogen-bond donors (Lipinski definition) is 2. The van der Waals surface area contributed by atoms with Crippen molar-refractivity contribution >= 4 is 21.7 Å². The molecule has 2 aromatic carbocycles. The van der Waals surface area contributed by atoms with Crippen LogP contribution < -0.4 is 19.5 Å². The molecule has 0 unspecified atom stereocenters. The predicted molar refractivity (Wildman–Crippen MR) is 123 cm³/mol. The number of anilines is 1. The Morgan fingerprint density at radius 3 is 2.52 bits per heavy atom. The third-order valence-corrected chi connectivity index (χ3v) is 7.46. The van der Waals surface area contributed by atoms with Crippen LogP contribution in [0.15, 0.2) is 65.6 Å². The zero-order chi connectivity index (χ0) is 23.1. The van der Waals surface area contributed by atoms with Crippen LogP contribution in [0.25, 0.3) is 11.3 Å². The number of rotatable bonds is 7. The Labute approximate surface area is 192 Å². The zero-order valence-electron chi connectivity index (χ0n) is 18.0. The van der Waals surface area contributed by atoms with E-state index in [4.69, 9.17) is 9.47 Å². The maximum Gasteiger partial charge on any atom is 0.240 e. The molecule has 0 spiro atoms. The van der Waals surface area contributed by atoms with Gasteiger partial charge in [-0.2, -0.15) is 0 Å². The van der Waals surface area contributed by atoms with Crippen molar-refractivity contribution in [3.63, 3.8) is 0 Å². The molecule has 2 aliphatic rings. The van der Waals surface area contributed by atoms with Gasteiger partial charge < -0.3 is 14.8 Å². The van der Waals surface area contributed by atoms with Gasteiger partial charge in [0.1, 0.15) is 5.82 Å². The van der Waals surface area contributed by atoms with E-state index >= 15 is 0 Å². The van der Waals surface area contributed by atoms with E-state index in [1.165, 1.54) is 0 Å². The summed E-state index contributed by atoms with van der Waals surface area (Å²) in [5.74, 6) is 1.67. The topological polar surface area (TPSA) is 107 Å². The summed E-state index contributed by atoms with van der Waals surface area (Å²) in [6, 6.07) is 17.5. The number of sulfonamides is 1. The van der Waals surface area contributed by atoms with E-state index in [1.807, 2.05) is 24.3 Å². The summed E-state index contributed by atoms with van der Waals surface area (Å²) in [4.78, 5) is 17.9. The lowest BCUT2D eigenvalue weighted by molar-refractivity contribution is -0.118. The third-order valence-electron chi connectivity index (χ3n) is 5.90. The van der Waals surface area contributed by atoms with Crippen LogP contribution in [0.4, 0.5) is 5.82 Å². The largest absolute Gasteiger partial charge is 0.454 e. The smallest absolute Gasteiger partial charge is 0.240 e. The molecule has 0 radical (unpaired) electrons. The zero-order valence-corrected chi connectivity index (χ0v) is 18.8. The second-order valence-electron chi connectivity index (χ2n) is 8.04. The van der Waals surface area contributed by atoms with Crippen LogP contribution in [0.3, 0.4) is 0 Å². The van der Waals surface area contributed by atoms with Gasteiger partial charge in [-0.05, 0) is 54.8 Å². The fraction of sp³-hybridized carbons (Fsp3) is 0.250. The standard InChI is InChI=1S/C24H23N3O5S/c1-2-25-33(29,30)18-9-6-16(7-10-18)19-4-3-5-22(26-19)27-23(28)24(12-13-24)17-8-11-20-21(14-17)32-15-31-20/h3-11,14,25H,2,12-13,15H2,1H3,(H,26,27,28). The predicted octanol–water partition coefficient (Wildman–Crippen LogP) is 3.45. The first kappa shape index (κ1) is 21.4. The van der Waals surface area contributed by atoms with E-state index in [-0.39, 0.29) is 17.6 Å². The van der Waals surface area contributed by atoms with Crippen molar-refractivity contribution < 1.29 is 22.7 Å². The Hall–Kier alpha value is -3.43. The molecule has 33 heavy (non-hydrogen) atoms. The first-order chi connectivity index (χ1) is 15.9. The number of nitrogens with zero attached hydrogens (tertiary/aromatic N) is 1. The molecule has 0 atom stereocenters. The van der Waals surface area contributed by atoms with Gasteiger partial charge in [-0.25, -0.2) is 18.1 Å². The normalized spacial score (nSPS) is 15.8. The van der Waals surface area contributed by atoms with Crippen molar-refractivity contribution in [3.05, 3.63) is 66.2 Å². The van der Waals surface area contributed by atoms with E-state index < -0.39 is 15.4 Å². The van der Waals surface area contributed by atoms with Crippen molar-refractivity contribution in [3.8, 4) is 22.8 Å². The quantitative estimate of drug-likeness (QED) is 0.554. The third kappa shape index (κ3) is 4.05. The molecule has 0 saturated heterocycles. The molecule has 1 aromatic heterocycles. The van der Waals surface area contributed by atoms with E-state index in [1.54, 1.807) is 43.3 Å². The van der Waals surface area contributed by atoms with E-state index in [0.29, 0.717) is 29.6 Å². The van der Waals surface area contributed by atoms with Gasteiger partial charge in [0.05, 0.1) is 16.0 Å². The number of carbonyl (C=O) groups is 1. The lowest BCUT2D eigenvalue weighted by atomic mass is 9.94. The molecule has 3 aromatic rings. The SMILES string of the molecule is CCNS(=O)(=O)c1ccc(-c2cccc(NC(=O)C3(c4ccc5c(c4)OCO5)CC3)n2)cc1. The molecule has 170 valence electrons. The minimum Gasteiger partial charge on any atom is -0.454 e. The Kier molecular flexibility index (Phi) is 5.30. The number of benzene rings is 2. The molecule has 2 N–H and O–H groups in total. The first-order valence-corrected chi connectivity index (χ1v) is 12.2. The van der Waals surface area contributed by atoms with Crippen molar-refractivity contribution in [1.82, 2.24) is 9.71 Å². The van der Waals surface area contributed by atoms with Crippen LogP contribution in [-0.2, 0) is 20.2 Å². The summed E-state index contributed by atoms with van der Waals surface area (Å²) in [7, 11) is -3.52. The van der Waals surface area contributed by atoms with Crippen molar-refractivity contribution in [2.45, 2.75) is 30.1 Å². The molecule has 5 rings (SSSR count). The Bertz CT molecular complexity index is 1320. The Morgan fingerprint density at radius 1 is 1.03 bits per heavy atom. The molecule has 1 fully saturated rings. The summed E-state index contributed by atoms with van der Waals surface area (Å²) in [5, 5.41) is 2.95.